The van der Waals surface area contributed by atoms with E-state index in [4.69, 9.17) is 10.5 Å². The molecule has 2 aliphatic rings. The molecule has 92 valence electrons. The van der Waals surface area contributed by atoms with Gasteiger partial charge in [0.25, 0.3) is 0 Å². The third-order valence-electron chi connectivity index (χ3n) is 3.63. The number of rotatable bonds is 3. The molecule has 2 fully saturated rings. The van der Waals surface area contributed by atoms with Crippen LogP contribution in [0.4, 0.5) is 5.95 Å². The molecule has 1 aromatic rings. The monoisotopic (exact) mass is 234 g/mol. The van der Waals surface area contributed by atoms with Crippen molar-refractivity contribution >= 4 is 5.95 Å². The molecule has 2 bridgehead atoms. The molecule has 3 unspecified atom stereocenters. The van der Waals surface area contributed by atoms with Crippen molar-refractivity contribution in [3.05, 3.63) is 11.6 Å². The maximum atomic E-state index is 5.84. The fraction of sp³-hybridized carbons (Fsp3) is 0.750. The summed E-state index contributed by atoms with van der Waals surface area (Å²) in [5.41, 5.74) is 5.75. The number of nitrogens with two attached hydrogens (primary N) is 1. The molecule has 0 spiro atoms. The van der Waals surface area contributed by atoms with Gasteiger partial charge in [0, 0.05) is 12.3 Å². The number of hydrogen-bond donors (Lipinski definition) is 1. The predicted molar refractivity (Wildman–Crippen MR) is 63.5 cm³/mol. The average Bonchev–Trinajstić information content (AvgIpc) is 2.90. The van der Waals surface area contributed by atoms with Gasteiger partial charge in [-0.05, 0) is 25.7 Å². The number of nitrogen functional groups attached to an aromatic ring is 1. The molecule has 0 radical (unpaired) electrons. The lowest BCUT2D eigenvalue weighted by molar-refractivity contribution is 0.0998. The van der Waals surface area contributed by atoms with Crippen LogP contribution < -0.4 is 5.73 Å². The zero-order valence-corrected chi connectivity index (χ0v) is 10.1. The van der Waals surface area contributed by atoms with Gasteiger partial charge in [0.15, 0.2) is 0 Å². The van der Waals surface area contributed by atoms with E-state index in [-0.39, 0.29) is 0 Å². The second kappa shape index (κ2) is 4.22. The van der Waals surface area contributed by atoms with Crippen LogP contribution in [0, 0.1) is 0 Å². The Morgan fingerprint density at radius 2 is 2.18 bits per heavy atom. The van der Waals surface area contributed by atoms with E-state index in [2.05, 4.69) is 21.9 Å². The second-order valence-electron chi connectivity index (χ2n) is 4.93. The fourth-order valence-electron chi connectivity index (χ4n) is 2.87. The van der Waals surface area contributed by atoms with Crippen LogP contribution >= 0.6 is 0 Å². The summed E-state index contributed by atoms with van der Waals surface area (Å²) in [6, 6.07) is 0. The molecule has 2 aliphatic heterocycles. The van der Waals surface area contributed by atoms with Gasteiger partial charge in [-0.3, -0.25) is 0 Å². The zero-order chi connectivity index (χ0) is 11.8. The van der Waals surface area contributed by atoms with E-state index in [0.29, 0.717) is 24.1 Å². The highest BCUT2D eigenvalue weighted by molar-refractivity contribution is 5.19. The number of ether oxygens (including phenoxy) is 1. The lowest BCUT2D eigenvalue weighted by Crippen LogP contribution is -2.19. The molecule has 0 saturated carbocycles. The highest BCUT2D eigenvalue weighted by Gasteiger charge is 2.43. The lowest BCUT2D eigenvalue weighted by atomic mass is 9.88. The van der Waals surface area contributed by atoms with Gasteiger partial charge in [0.1, 0.15) is 11.6 Å². The molecule has 17 heavy (non-hydrogen) atoms. The number of anilines is 1. The minimum atomic E-state index is 0.302. The van der Waals surface area contributed by atoms with Gasteiger partial charge >= 0.3 is 0 Å². The first-order valence-electron chi connectivity index (χ1n) is 6.42. The number of hydrogen-bond acceptors (Lipinski definition) is 5. The molecule has 1 aromatic heterocycles. The van der Waals surface area contributed by atoms with E-state index in [1.165, 1.54) is 6.42 Å². The summed E-state index contributed by atoms with van der Waals surface area (Å²) in [5, 5.41) is 0. The van der Waals surface area contributed by atoms with E-state index in [1.807, 2.05) is 0 Å². The van der Waals surface area contributed by atoms with Crippen LogP contribution in [0.15, 0.2) is 0 Å². The maximum absolute atomic E-state index is 5.84. The Morgan fingerprint density at radius 3 is 2.82 bits per heavy atom. The largest absolute Gasteiger partial charge is 0.374 e. The smallest absolute Gasteiger partial charge is 0.223 e. The van der Waals surface area contributed by atoms with Crippen molar-refractivity contribution in [2.75, 3.05) is 5.73 Å². The van der Waals surface area contributed by atoms with Crippen molar-refractivity contribution in [1.82, 2.24) is 15.0 Å². The molecule has 0 amide bonds. The van der Waals surface area contributed by atoms with Gasteiger partial charge in [-0.25, -0.2) is 4.98 Å². The van der Waals surface area contributed by atoms with Crippen molar-refractivity contribution in [1.29, 1.82) is 0 Å². The molecule has 2 saturated heterocycles. The topological polar surface area (TPSA) is 73.9 Å². The quantitative estimate of drug-likeness (QED) is 0.856. The molecule has 3 heterocycles. The molecular weight excluding hydrogens is 216 g/mol. The van der Waals surface area contributed by atoms with Gasteiger partial charge in [0.05, 0.1) is 12.2 Å². The summed E-state index contributed by atoms with van der Waals surface area (Å²) in [4.78, 5) is 13.0. The Balaban J connectivity index is 1.87. The Morgan fingerprint density at radius 1 is 1.29 bits per heavy atom. The normalized spacial score (nSPS) is 31.0. The van der Waals surface area contributed by atoms with E-state index in [1.54, 1.807) is 0 Å². The molecule has 2 N–H and O–H groups in total. The SMILES string of the molecule is CCCc1nc(N)nc(C2CC3CCC2O3)n1. The molecule has 3 atom stereocenters. The Labute approximate surface area is 101 Å². The first-order chi connectivity index (χ1) is 8.26. The molecule has 5 heteroatoms. The van der Waals surface area contributed by atoms with Crippen LogP contribution in [0.1, 0.15) is 50.2 Å². The summed E-state index contributed by atoms with van der Waals surface area (Å²) in [6.07, 6.45) is 5.96. The number of fused-ring (bicyclic) bond motifs is 2. The molecule has 0 aliphatic carbocycles. The predicted octanol–water partition coefficient (Wildman–Crippen LogP) is 1.44. The third kappa shape index (κ3) is 1.99. The lowest BCUT2D eigenvalue weighted by Gasteiger charge is -2.17. The number of nitrogens with zero attached hydrogens (tertiary/aromatic N) is 3. The Bertz CT molecular complexity index is 423. The van der Waals surface area contributed by atoms with Crippen molar-refractivity contribution in [2.24, 2.45) is 0 Å². The van der Waals surface area contributed by atoms with Crippen molar-refractivity contribution in [3.63, 3.8) is 0 Å². The van der Waals surface area contributed by atoms with Crippen molar-refractivity contribution in [2.45, 2.75) is 57.2 Å². The summed E-state index contributed by atoms with van der Waals surface area (Å²) in [5.74, 6) is 2.34. The van der Waals surface area contributed by atoms with Gasteiger partial charge in [-0.15, -0.1) is 0 Å². The van der Waals surface area contributed by atoms with Crippen LogP contribution in [0.3, 0.4) is 0 Å². The molecule has 0 aromatic carbocycles. The molecule has 3 rings (SSSR count). The zero-order valence-electron chi connectivity index (χ0n) is 10.1. The average molecular weight is 234 g/mol. The van der Waals surface area contributed by atoms with Crippen molar-refractivity contribution < 1.29 is 4.74 Å². The van der Waals surface area contributed by atoms with Gasteiger partial charge in [0.2, 0.25) is 5.95 Å². The van der Waals surface area contributed by atoms with Crippen LogP contribution in [0.25, 0.3) is 0 Å². The minimum absolute atomic E-state index is 0.302. The highest BCUT2D eigenvalue weighted by atomic mass is 16.5. The van der Waals surface area contributed by atoms with Gasteiger partial charge in [-0.1, -0.05) is 6.92 Å². The first kappa shape index (κ1) is 10.9. The summed E-state index contributed by atoms with van der Waals surface area (Å²) >= 11 is 0. The Kier molecular flexibility index (Phi) is 2.70. The number of aromatic nitrogens is 3. The first-order valence-corrected chi connectivity index (χ1v) is 6.42. The highest BCUT2D eigenvalue weighted by Crippen LogP contribution is 2.43. The van der Waals surface area contributed by atoms with Gasteiger partial charge in [-0.2, -0.15) is 9.97 Å². The Hall–Kier alpha value is -1.23. The fourth-order valence-corrected chi connectivity index (χ4v) is 2.87. The van der Waals surface area contributed by atoms with E-state index in [0.717, 1.165) is 37.3 Å². The van der Waals surface area contributed by atoms with Crippen molar-refractivity contribution in [3.8, 4) is 0 Å². The van der Waals surface area contributed by atoms with Crippen LogP contribution in [0.5, 0.6) is 0 Å². The maximum Gasteiger partial charge on any atom is 0.223 e. The van der Waals surface area contributed by atoms with E-state index < -0.39 is 0 Å². The second-order valence-corrected chi connectivity index (χ2v) is 4.93. The van der Waals surface area contributed by atoms with E-state index >= 15 is 0 Å². The number of aryl methyl sites for hydroxylation is 1. The molecule has 5 nitrogen and oxygen atoms in total. The van der Waals surface area contributed by atoms with Crippen LogP contribution in [0.2, 0.25) is 0 Å². The van der Waals surface area contributed by atoms with E-state index in [9.17, 15) is 0 Å². The van der Waals surface area contributed by atoms with Gasteiger partial charge < -0.3 is 10.5 Å². The minimum Gasteiger partial charge on any atom is -0.374 e. The van der Waals surface area contributed by atoms with Crippen LogP contribution in [-0.2, 0) is 11.2 Å². The standard InChI is InChI=1S/C12H18N4O/c1-2-3-10-14-11(16-12(13)15-10)8-6-7-4-5-9(8)17-7/h7-9H,2-6H2,1H3,(H2,13,14,15,16). The summed E-state index contributed by atoms with van der Waals surface area (Å²) < 4.78 is 5.84. The molecular formula is C12H18N4O. The van der Waals surface area contributed by atoms with Crippen LogP contribution in [-0.4, -0.2) is 27.2 Å². The third-order valence-corrected chi connectivity index (χ3v) is 3.63. The summed E-state index contributed by atoms with van der Waals surface area (Å²) in [7, 11) is 0. The summed E-state index contributed by atoms with van der Waals surface area (Å²) in [6.45, 7) is 2.11.